The largest absolute Gasteiger partial charge is 0.497 e. The van der Waals surface area contributed by atoms with Gasteiger partial charge in [-0.05, 0) is 41.8 Å². The Morgan fingerprint density at radius 2 is 2.14 bits per heavy atom. The summed E-state index contributed by atoms with van der Waals surface area (Å²) in [5.74, 6) is 3.29. The molecule has 112 valence electrons. The van der Waals surface area contributed by atoms with Gasteiger partial charge in [0.1, 0.15) is 11.5 Å². The van der Waals surface area contributed by atoms with Gasteiger partial charge < -0.3 is 9.15 Å². The van der Waals surface area contributed by atoms with E-state index in [1.54, 1.807) is 25.1 Å². The first-order valence-corrected chi connectivity index (χ1v) is 8.08. The average molecular weight is 304 g/mol. The number of carbonyl (C=O) groups is 1. The van der Waals surface area contributed by atoms with Crippen LogP contribution in [0.15, 0.2) is 41.0 Å². The quantitative estimate of drug-likeness (QED) is 0.705. The van der Waals surface area contributed by atoms with Crippen LogP contribution in [0.2, 0.25) is 0 Å². The van der Waals surface area contributed by atoms with Crippen molar-refractivity contribution in [3.63, 3.8) is 0 Å². The predicted octanol–water partition coefficient (Wildman–Crippen LogP) is 4.53. The highest BCUT2D eigenvalue weighted by Gasteiger charge is 2.15. The van der Waals surface area contributed by atoms with E-state index in [-0.39, 0.29) is 11.7 Å². The lowest BCUT2D eigenvalue weighted by Gasteiger charge is -2.13. The Hall–Kier alpha value is -1.68. The van der Waals surface area contributed by atoms with Gasteiger partial charge >= 0.3 is 0 Å². The lowest BCUT2D eigenvalue weighted by atomic mass is 9.95. The van der Waals surface area contributed by atoms with Crippen LogP contribution >= 0.6 is 11.8 Å². The zero-order valence-electron chi connectivity index (χ0n) is 12.6. The van der Waals surface area contributed by atoms with E-state index >= 15 is 0 Å². The fourth-order valence-electron chi connectivity index (χ4n) is 2.12. The van der Waals surface area contributed by atoms with Crippen LogP contribution in [0.5, 0.6) is 5.75 Å². The molecule has 2 aromatic rings. The van der Waals surface area contributed by atoms with Crippen LogP contribution in [-0.2, 0) is 5.75 Å². The fraction of sp³-hybridized carbons (Fsp3) is 0.353. The minimum absolute atomic E-state index is 0.151. The monoisotopic (exact) mass is 304 g/mol. The molecule has 1 heterocycles. The third-order valence-electron chi connectivity index (χ3n) is 3.24. The van der Waals surface area contributed by atoms with Gasteiger partial charge in [-0.15, -0.1) is 11.8 Å². The third kappa shape index (κ3) is 4.14. The van der Waals surface area contributed by atoms with Gasteiger partial charge in [-0.2, -0.15) is 0 Å². The maximum Gasteiger partial charge on any atom is 0.173 e. The van der Waals surface area contributed by atoms with Crippen molar-refractivity contribution in [1.82, 2.24) is 0 Å². The molecular formula is C17H20O3S. The zero-order chi connectivity index (χ0) is 15.2. The van der Waals surface area contributed by atoms with Crippen LogP contribution < -0.4 is 4.74 Å². The highest BCUT2D eigenvalue weighted by atomic mass is 32.2. The van der Waals surface area contributed by atoms with Crippen molar-refractivity contribution in [1.29, 1.82) is 0 Å². The SMILES string of the molecule is COc1ccc(C(=O)CSCc2ccco2)c(C(C)C)c1. The first-order chi connectivity index (χ1) is 10.1. The highest BCUT2D eigenvalue weighted by molar-refractivity contribution is 7.99. The number of benzene rings is 1. The molecule has 0 saturated carbocycles. The van der Waals surface area contributed by atoms with Crippen molar-refractivity contribution >= 4 is 17.5 Å². The van der Waals surface area contributed by atoms with Gasteiger partial charge in [-0.1, -0.05) is 13.8 Å². The lowest BCUT2D eigenvalue weighted by Crippen LogP contribution is -2.08. The summed E-state index contributed by atoms with van der Waals surface area (Å²) >= 11 is 1.57. The molecule has 3 nitrogen and oxygen atoms in total. The number of furan rings is 1. The number of methoxy groups -OCH3 is 1. The number of hydrogen-bond acceptors (Lipinski definition) is 4. The molecule has 0 aliphatic heterocycles. The summed E-state index contributed by atoms with van der Waals surface area (Å²) < 4.78 is 10.5. The molecule has 4 heteroatoms. The van der Waals surface area contributed by atoms with Crippen molar-refractivity contribution < 1.29 is 13.9 Å². The second kappa shape index (κ2) is 7.36. The molecular weight excluding hydrogens is 284 g/mol. The molecule has 0 N–H and O–H groups in total. The third-order valence-corrected chi connectivity index (χ3v) is 4.19. The molecule has 0 aliphatic carbocycles. The van der Waals surface area contributed by atoms with Crippen LogP contribution in [0.25, 0.3) is 0 Å². The van der Waals surface area contributed by atoms with Crippen LogP contribution in [-0.4, -0.2) is 18.6 Å². The predicted molar refractivity (Wildman–Crippen MR) is 86.3 cm³/mol. The van der Waals surface area contributed by atoms with Crippen LogP contribution in [0.3, 0.4) is 0 Å². The standard InChI is InChI=1S/C17H20O3S/c1-12(2)16-9-13(19-3)6-7-15(16)17(18)11-21-10-14-5-4-8-20-14/h4-9,12H,10-11H2,1-3H3. The van der Waals surface area contributed by atoms with E-state index in [4.69, 9.17) is 9.15 Å². The molecule has 1 aromatic heterocycles. The zero-order valence-corrected chi connectivity index (χ0v) is 13.4. The first-order valence-electron chi connectivity index (χ1n) is 6.93. The molecule has 0 unspecified atom stereocenters. The molecule has 0 spiro atoms. The minimum atomic E-state index is 0.151. The van der Waals surface area contributed by atoms with Crippen LogP contribution in [0, 0.1) is 0 Å². The Morgan fingerprint density at radius 1 is 1.33 bits per heavy atom. The van der Waals surface area contributed by atoms with Gasteiger partial charge in [-0.3, -0.25) is 4.79 Å². The number of ketones is 1. The second-order valence-electron chi connectivity index (χ2n) is 5.10. The van der Waals surface area contributed by atoms with Crippen LogP contribution in [0.4, 0.5) is 0 Å². The minimum Gasteiger partial charge on any atom is -0.497 e. The highest BCUT2D eigenvalue weighted by Crippen LogP contribution is 2.26. The number of Topliss-reactive ketones (excluding diaryl/α,β-unsaturated/α-hetero) is 1. The average Bonchev–Trinajstić information content (AvgIpc) is 2.99. The Bertz CT molecular complexity index is 588. The summed E-state index contributed by atoms with van der Waals surface area (Å²) in [7, 11) is 1.64. The maximum absolute atomic E-state index is 12.4. The smallest absolute Gasteiger partial charge is 0.173 e. The molecule has 0 bridgehead atoms. The first kappa shape index (κ1) is 15.7. The summed E-state index contributed by atoms with van der Waals surface area (Å²) in [6.45, 7) is 4.17. The van der Waals surface area contributed by atoms with Crippen molar-refractivity contribution in [3.8, 4) is 5.75 Å². The molecule has 2 rings (SSSR count). The summed E-state index contributed by atoms with van der Waals surface area (Å²) in [6.07, 6.45) is 1.65. The maximum atomic E-state index is 12.4. The molecule has 0 amide bonds. The molecule has 0 saturated heterocycles. The molecule has 0 radical (unpaired) electrons. The van der Waals surface area contributed by atoms with Gasteiger partial charge in [0.15, 0.2) is 5.78 Å². The number of hydrogen-bond donors (Lipinski definition) is 0. The van der Waals surface area contributed by atoms with Gasteiger partial charge in [0.05, 0.1) is 24.9 Å². The number of carbonyl (C=O) groups excluding carboxylic acids is 1. The van der Waals surface area contributed by atoms with Crippen molar-refractivity contribution in [2.75, 3.05) is 12.9 Å². The number of rotatable bonds is 7. The number of ether oxygens (including phenoxy) is 1. The Morgan fingerprint density at radius 3 is 2.76 bits per heavy atom. The Labute approximate surface area is 129 Å². The van der Waals surface area contributed by atoms with Gasteiger partial charge in [0.2, 0.25) is 0 Å². The van der Waals surface area contributed by atoms with Crippen molar-refractivity contribution in [3.05, 3.63) is 53.5 Å². The summed E-state index contributed by atoms with van der Waals surface area (Å²) in [5.41, 5.74) is 1.83. The van der Waals surface area contributed by atoms with Gasteiger partial charge in [0, 0.05) is 5.56 Å². The van der Waals surface area contributed by atoms with E-state index in [1.165, 1.54) is 0 Å². The molecule has 0 fully saturated rings. The lowest BCUT2D eigenvalue weighted by molar-refractivity contribution is 0.102. The topological polar surface area (TPSA) is 39.4 Å². The Balaban J connectivity index is 2.04. The number of thioether (sulfide) groups is 1. The Kier molecular flexibility index (Phi) is 5.51. The summed E-state index contributed by atoms with van der Waals surface area (Å²) in [4.78, 5) is 12.4. The molecule has 1 aromatic carbocycles. The van der Waals surface area contributed by atoms with E-state index in [1.807, 2.05) is 30.3 Å². The van der Waals surface area contributed by atoms with Crippen molar-refractivity contribution in [2.45, 2.75) is 25.5 Å². The summed E-state index contributed by atoms with van der Waals surface area (Å²) in [6, 6.07) is 9.44. The molecule has 21 heavy (non-hydrogen) atoms. The summed E-state index contributed by atoms with van der Waals surface area (Å²) in [5, 5.41) is 0. The molecule has 0 atom stereocenters. The van der Waals surface area contributed by atoms with E-state index in [0.29, 0.717) is 11.5 Å². The normalized spacial score (nSPS) is 10.9. The second-order valence-corrected chi connectivity index (χ2v) is 6.09. The van der Waals surface area contributed by atoms with E-state index in [2.05, 4.69) is 13.8 Å². The van der Waals surface area contributed by atoms with Crippen LogP contribution in [0.1, 0.15) is 41.4 Å². The molecule has 0 aliphatic rings. The van der Waals surface area contributed by atoms with Gasteiger partial charge in [0.25, 0.3) is 0 Å². The van der Waals surface area contributed by atoms with E-state index in [9.17, 15) is 4.79 Å². The van der Waals surface area contributed by atoms with Gasteiger partial charge in [-0.25, -0.2) is 0 Å². The fourth-order valence-corrected chi connectivity index (χ4v) is 2.92. The van der Waals surface area contributed by atoms with Crippen molar-refractivity contribution in [2.24, 2.45) is 0 Å². The van der Waals surface area contributed by atoms with E-state index in [0.717, 1.165) is 22.6 Å². The van der Waals surface area contributed by atoms with E-state index < -0.39 is 0 Å².